The monoisotopic (exact) mass is 2130 g/mol. The van der Waals surface area contributed by atoms with Crippen LogP contribution in [-0.4, -0.2) is 681 Å². The van der Waals surface area contributed by atoms with Crippen molar-refractivity contribution in [3.63, 3.8) is 0 Å². The fourth-order valence-corrected chi connectivity index (χ4v) is 17.4. The SMILES string of the molecule is CNC(COC1OC(CO)C(O)C(O)C1O)COC1OC(CO)C(O)C(O)C1O.OCC1OC(OCC(COC2OC(CO)C(O)C(O)C2O)N(c2ccc(N(C(COC3OC(CO)C(O)C(O)C3O)COC3OC(CO)C(O)C(O)C3O)C(COC3OC(CO)C(O)C(O)C3O)COC3OC(CO)C(O)C(O)C3O)cc2)C(COC2OC(CO)C(O)C(O)C2O)COC2OC(CO)C(O)C(O)C2O)C(O)C(O)C1O. The first kappa shape index (κ1) is 123. The average Bonchev–Trinajstić information content (AvgIpc) is 0.780. The van der Waals surface area contributed by atoms with Crippen molar-refractivity contribution in [2.45, 2.75) is 337 Å². The van der Waals surface area contributed by atoms with E-state index in [1.807, 2.05) is 0 Å². The van der Waals surface area contributed by atoms with Gasteiger partial charge >= 0.3 is 0 Å². The standard InChI is InChI=1S/C66H112N2O48.C16H31NO12/c69-5-27-35(77)43(85)51(93)59(109-27)101-13-23(14-102-60-52(94)44(86)36(78)28(6-70)110-60)67(24(15-103-61-53(95)45(87)37(79)29(7-71)111-61)16-104-62-54(96)46(88)38(80)30(8-72)112-62)21-1-2-22(4-3-21)68(25(17-105-63-55(97)47(89)39(81)31(9-73)113-63)18-106-64-56(98)48(90)40(82)32(10-74)114-64)26(19-107-65-57(99)49(91)41(83)33(11-75)115-65)20-108-66-58(100)50(92)42(84)34(12-76)116-66;1-17-6(4-26-15-13(24)11(22)9(20)7(2-18)28-15)5-27-16-14(25)12(23)10(21)8(3-19)29-16/h1-4,23-66,69-100H,5-20H2;6-25H,2-5H2,1H3. The molecule has 846 valence electrons. The number of likely N-dealkylation sites (N-methyl/N-ethyl adjacent to an activating group) is 1. The van der Waals surface area contributed by atoms with E-state index in [-0.39, 0.29) is 24.6 Å². The van der Waals surface area contributed by atoms with Crippen molar-refractivity contribution in [2.75, 3.05) is 149 Å². The number of rotatable bonds is 47. The van der Waals surface area contributed by atoms with E-state index in [2.05, 4.69) is 5.32 Å². The third-order valence-electron chi connectivity index (χ3n) is 26.5. The van der Waals surface area contributed by atoms with Crippen molar-refractivity contribution in [3.05, 3.63) is 24.3 Å². The number of nitrogens with zero attached hydrogens (tertiary/aromatic N) is 2. The number of anilines is 2. The summed E-state index contributed by atoms with van der Waals surface area (Å²) in [6, 6.07) is -2.94. The summed E-state index contributed by atoms with van der Waals surface area (Å²) in [5.41, 5.74) is -0.515. The Kier molecular flexibility index (Phi) is 48.6. The topological polar surface area (TPSA) is 1010 Å². The van der Waals surface area contributed by atoms with Crippen molar-refractivity contribution in [3.8, 4) is 0 Å². The molecule has 0 aliphatic carbocycles. The van der Waals surface area contributed by atoms with Crippen molar-refractivity contribution in [1.82, 2.24) is 5.32 Å². The zero-order chi connectivity index (χ0) is 107. The molecule has 0 saturated carbocycles. The van der Waals surface area contributed by atoms with Crippen LogP contribution in [0.25, 0.3) is 0 Å². The van der Waals surface area contributed by atoms with Gasteiger partial charge in [-0.05, 0) is 31.3 Å². The number of ether oxygens (including phenoxy) is 20. The molecule has 0 amide bonds. The Morgan fingerprint density at radius 3 is 0.400 bits per heavy atom. The summed E-state index contributed by atoms with van der Waals surface area (Å²) in [6.45, 7) is -17.5. The Labute approximate surface area is 823 Å². The van der Waals surface area contributed by atoms with E-state index in [0.29, 0.717) is 0 Å². The van der Waals surface area contributed by atoms with Crippen LogP contribution in [0.5, 0.6) is 0 Å². The molecule has 50 unspecified atom stereocenters. The largest absolute Gasteiger partial charge is 0.394 e. The zero-order valence-electron chi connectivity index (χ0n) is 77.7. The van der Waals surface area contributed by atoms with Gasteiger partial charge in [0.2, 0.25) is 0 Å². The van der Waals surface area contributed by atoms with E-state index in [1.165, 1.54) is 34.1 Å². The van der Waals surface area contributed by atoms with Gasteiger partial charge in [-0.1, -0.05) is 0 Å². The number of aliphatic hydroxyl groups is 40. The third kappa shape index (κ3) is 29.4. The molecule has 0 spiro atoms. The number of hydrogen-bond donors (Lipinski definition) is 41. The minimum absolute atomic E-state index is 0.101. The van der Waals surface area contributed by atoms with Crippen LogP contribution in [0.1, 0.15) is 0 Å². The summed E-state index contributed by atoms with van der Waals surface area (Å²) >= 11 is 0. The second-order valence-corrected chi connectivity index (χ2v) is 36.2. The van der Waals surface area contributed by atoms with E-state index < -0.39 is 456 Å². The van der Waals surface area contributed by atoms with Crippen molar-refractivity contribution in [2.24, 2.45) is 0 Å². The Morgan fingerprint density at radius 1 is 0.186 bits per heavy atom. The molecule has 63 nitrogen and oxygen atoms in total. The van der Waals surface area contributed by atoms with Crippen LogP contribution in [0.15, 0.2) is 24.3 Å². The first-order valence-electron chi connectivity index (χ1n) is 46.5. The minimum Gasteiger partial charge on any atom is -0.394 e. The molecule has 10 fully saturated rings. The molecule has 10 aliphatic heterocycles. The molecule has 50 atom stereocenters. The summed E-state index contributed by atoms with van der Waals surface area (Å²) in [5.74, 6) is 0. The number of benzene rings is 1. The van der Waals surface area contributed by atoms with E-state index >= 15 is 0 Å². The number of hydrogen-bond acceptors (Lipinski definition) is 63. The Balaban J connectivity index is 0.000000635. The quantitative estimate of drug-likeness (QED) is 0.0288. The van der Waals surface area contributed by atoms with Crippen LogP contribution in [0, 0.1) is 0 Å². The lowest BCUT2D eigenvalue weighted by Crippen LogP contribution is -2.62. The fraction of sp³-hybridized carbons (Fsp3) is 0.927. The highest BCUT2D eigenvalue weighted by Gasteiger charge is 2.56. The predicted octanol–water partition coefficient (Wildman–Crippen LogP) is -26.5. The lowest BCUT2D eigenvalue weighted by molar-refractivity contribution is -0.312. The smallest absolute Gasteiger partial charge is 0.186 e. The highest BCUT2D eigenvalue weighted by Crippen LogP contribution is 2.38. The van der Waals surface area contributed by atoms with Crippen LogP contribution in [0.4, 0.5) is 11.4 Å². The van der Waals surface area contributed by atoms with Crippen molar-refractivity contribution >= 4 is 11.4 Å². The van der Waals surface area contributed by atoms with E-state index in [0.717, 1.165) is 0 Å². The molecule has 10 saturated heterocycles. The van der Waals surface area contributed by atoms with Crippen LogP contribution in [-0.2, 0) is 94.7 Å². The molecule has 0 aromatic heterocycles. The van der Waals surface area contributed by atoms with Gasteiger partial charge in [-0.3, -0.25) is 0 Å². The van der Waals surface area contributed by atoms with Gasteiger partial charge in [0.25, 0.3) is 0 Å². The summed E-state index contributed by atoms with van der Waals surface area (Å²) < 4.78 is 116. The molecular formula is C82H143N3O60. The van der Waals surface area contributed by atoms with Gasteiger partial charge in [-0.25, -0.2) is 0 Å². The summed E-state index contributed by atoms with van der Waals surface area (Å²) in [4.78, 5) is 2.36. The summed E-state index contributed by atoms with van der Waals surface area (Å²) in [7, 11) is 1.58. The Bertz CT molecular complexity index is 3230. The first-order chi connectivity index (χ1) is 68.9. The molecule has 0 radical (unpaired) electrons. The van der Waals surface area contributed by atoms with Crippen molar-refractivity contribution in [1.29, 1.82) is 0 Å². The molecule has 11 rings (SSSR count). The van der Waals surface area contributed by atoms with E-state index in [1.54, 1.807) is 7.05 Å². The molecule has 63 heteroatoms. The fourth-order valence-electron chi connectivity index (χ4n) is 17.4. The Morgan fingerprint density at radius 2 is 0.297 bits per heavy atom. The second-order valence-electron chi connectivity index (χ2n) is 36.2. The normalized spacial score (nSPS) is 44.9. The number of nitrogens with one attached hydrogen (secondary N) is 1. The highest BCUT2D eigenvalue weighted by atomic mass is 16.8. The van der Waals surface area contributed by atoms with E-state index in [4.69, 9.17) is 94.7 Å². The molecule has 41 N–H and O–H groups in total. The van der Waals surface area contributed by atoms with Crippen LogP contribution < -0.4 is 15.1 Å². The lowest BCUT2D eigenvalue weighted by Gasteiger charge is -2.46. The van der Waals surface area contributed by atoms with Crippen LogP contribution in [0.2, 0.25) is 0 Å². The number of aliphatic hydroxyl groups excluding tert-OH is 40. The van der Waals surface area contributed by atoms with Crippen LogP contribution in [0.3, 0.4) is 0 Å². The molecule has 10 heterocycles. The highest BCUT2D eigenvalue weighted by molar-refractivity contribution is 5.59. The second kappa shape index (κ2) is 57.2. The van der Waals surface area contributed by atoms with Crippen LogP contribution >= 0.6 is 0 Å². The predicted molar refractivity (Wildman–Crippen MR) is 457 cm³/mol. The molecule has 0 bridgehead atoms. The summed E-state index contributed by atoms with van der Waals surface area (Å²) in [5, 5.41) is 428. The molecule has 145 heavy (non-hydrogen) atoms. The maximum atomic E-state index is 11.4. The first-order valence-corrected chi connectivity index (χ1v) is 46.5. The maximum Gasteiger partial charge on any atom is 0.186 e. The summed E-state index contributed by atoms with van der Waals surface area (Å²) in [6.07, 6.45) is -94.3. The van der Waals surface area contributed by atoms with Gasteiger partial charge in [0, 0.05) is 11.4 Å². The van der Waals surface area contributed by atoms with Gasteiger partial charge in [0.15, 0.2) is 62.9 Å². The van der Waals surface area contributed by atoms with Gasteiger partial charge in [0.05, 0.1) is 162 Å². The lowest BCUT2D eigenvalue weighted by atomic mass is 9.99. The molecular weight excluding hydrogens is 1990 g/mol. The molecule has 10 aliphatic rings. The molecule has 1 aromatic rings. The van der Waals surface area contributed by atoms with E-state index in [9.17, 15) is 204 Å². The zero-order valence-corrected chi connectivity index (χ0v) is 77.7. The van der Waals surface area contributed by atoms with Gasteiger partial charge in [0.1, 0.15) is 244 Å². The van der Waals surface area contributed by atoms with Gasteiger partial charge in [-0.15, -0.1) is 0 Å². The van der Waals surface area contributed by atoms with Crippen molar-refractivity contribution < 1.29 is 299 Å². The molecule has 1 aromatic carbocycles. The Hall–Kier alpha value is -3.62. The van der Waals surface area contributed by atoms with Gasteiger partial charge in [-0.2, -0.15) is 0 Å². The average molecular weight is 2130 g/mol. The third-order valence-corrected chi connectivity index (χ3v) is 26.5. The van der Waals surface area contributed by atoms with Gasteiger partial charge < -0.3 is 314 Å². The minimum atomic E-state index is -2.19. The maximum absolute atomic E-state index is 11.4.